The summed E-state index contributed by atoms with van der Waals surface area (Å²) < 4.78 is 15.8. The van der Waals surface area contributed by atoms with Crippen LogP contribution >= 0.6 is 0 Å². The number of fused-ring (bicyclic) bond motifs is 2. The zero-order valence-corrected chi connectivity index (χ0v) is 17.0. The molecule has 0 radical (unpaired) electrons. The molecule has 0 spiro atoms. The maximum atomic E-state index is 13.5. The van der Waals surface area contributed by atoms with Crippen molar-refractivity contribution in [2.45, 2.75) is 57.8 Å². The molecule has 5 heterocycles. The van der Waals surface area contributed by atoms with Crippen molar-refractivity contribution in [3.63, 3.8) is 0 Å². The largest absolute Gasteiger partial charge is 0.333 e. The molecule has 3 atom stereocenters. The van der Waals surface area contributed by atoms with E-state index >= 15 is 0 Å². The van der Waals surface area contributed by atoms with Crippen molar-refractivity contribution in [3.05, 3.63) is 53.9 Å². The molecule has 4 fully saturated rings. The van der Waals surface area contributed by atoms with Crippen LogP contribution < -0.4 is 0 Å². The first kappa shape index (κ1) is 18.3. The van der Waals surface area contributed by atoms with Gasteiger partial charge in [-0.2, -0.15) is 0 Å². The number of imidazole rings is 1. The van der Waals surface area contributed by atoms with Crippen LogP contribution in [-0.4, -0.2) is 51.1 Å². The van der Waals surface area contributed by atoms with Crippen LogP contribution in [0.2, 0.25) is 0 Å². The van der Waals surface area contributed by atoms with Crippen molar-refractivity contribution in [3.8, 4) is 0 Å². The lowest BCUT2D eigenvalue weighted by Gasteiger charge is -2.51. The summed E-state index contributed by atoms with van der Waals surface area (Å²) in [6, 6.07) is 8.45. The summed E-state index contributed by atoms with van der Waals surface area (Å²) in [5.41, 5.74) is 2.62. The highest BCUT2D eigenvalue weighted by molar-refractivity contribution is 5.27. The third kappa shape index (κ3) is 3.18. The minimum Gasteiger partial charge on any atom is -0.333 e. The molecule has 4 saturated heterocycles. The first-order valence-electron chi connectivity index (χ1n) is 10.8. The quantitative estimate of drug-likeness (QED) is 0.787. The molecule has 0 amide bonds. The van der Waals surface area contributed by atoms with E-state index in [4.69, 9.17) is 0 Å². The molecule has 6 rings (SSSR count). The molecule has 5 heteroatoms. The van der Waals surface area contributed by atoms with E-state index in [2.05, 4.69) is 33.2 Å². The number of nitrogens with zero attached hydrogens (tertiary/aromatic N) is 4. The van der Waals surface area contributed by atoms with Crippen LogP contribution in [-0.2, 0) is 13.1 Å². The van der Waals surface area contributed by atoms with Gasteiger partial charge in [0.05, 0.1) is 12.0 Å². The number of halogens is 1. The van der Waals surface area contributed by atoms with Crippen LogP contribution in [0.1, 0.15) is 43.9 Å². The first-order valence-corrected chi connectivity index (χ1v) is 10.8. The van der Waals surface area contributed by atoms with Gasteiger partial charge >= 0.3 is 0 Å². The van der Waals surface area contributed by atoms with E-state index in [0.29, 0.717) is 23.9 Å². The van der Waals surface area contributed by atoms with Crippen LogP contribution in [0.3, 0.4) is 0 Å². The lowest BCUT2D eigenvalue weighted by molar-refractivity contribution is -0.00925. The number of rotatable bonds is 5. The third-order valence-electron chi connectivity index (χ3n) is 7.12. The second-order valence-corrected chi connectivity index (χ2v) is 9.37. The Hall–Kier alpha value is -1.72. The molecular weight excluding hydrogens is 351 g/mol. The van der Waals surface area contributed by atoms with E-state index in [9.17, 15) is 4.39 Å². The number of benzene rings is 1. The Morgan fingerprint density at radius 1 is 1.11 bits per heavy atom. The third-order valence-corrected chi connectivity index (χ3v) is 7.12. The number of hydrogen-bond acceptors (Lipinski definition) is 3. The van der Waals surface area contributed by atoms with Crippen LogP contribution in [0.4, 0.5) is 4.39 Å². The maximum Gasteiger partial charge on any atom is 0.123 e. The lowest BCUT2D eigenvalue weighted by atomic mass is 9.75. The van der Waals surface area contributed by atoms with Gasteiger partial charge in [0.15, 0.2) is 0 Å². The molecule has 2 aromatic rings. The average molecular weight is 383 g/mol. The minimum atomic E-state index is -0.141. The molecule has 1 aromatic heterocycles. The molecule has 28 heavy (non-hydrogen) atoms. The van der Waals surface area contributed by atoms with Gasteiger partial charge in [-0.3, -0.25) is 9.80 Å². The Kier molecular flexibility index (Phi) is 4.76. The van der Waals surface area contributed by atoms with Crippen molar-refractivity contribution in [2.75, 3.05) is 19.6 Å². The smallest absolute Gasteiger partial charge is 0.123 e. The molecule has 2 bridgehead atoms. The first-order chi connectivity index (χ1) is 13.6. The summed E-state index contributed by atoms with van der Waals surface area (Å²) in [5.74, 6) is 1.73. The van der Waals surface area contributed by atoms with E-state index in [1.165, 1.54) is 37.2 Å². The van der Waals surface area contributed by atoms with Crippen molar-refractivity contribution in [2.24, 2.45) is 11.8 Å². The van der Waals surface area contributed by atoms with Crippen molar-refractivity contribution < 1.29 is 4.39 Å². The molecule has 4 aliphatic rings. The van der Waals surface area contributed by atoms with Gasteiger partial charge in [0.2, 0.25) is 0 Å². The Labute approximate surface area is 167 Å². The summed E-state index contributed by atoms with van der Waals surface area (Å²) in [4.78, 5) is 9.86. The SMILES string of the molecule is CC(C)Cn1cncc1CN1C[C@H](c2ccc(F)cc2)[C@H]2[C@@H]1C1CCN2CC1. The van der Waals surface area contributed by atoms with Gasteiger partial charge in [-0.25, -0.2) is 9.37 Å². The average Bonchev–Trinajstić information content (AvgIpc) is 3.29. The summed E-state index contributed by atoms with van der Waals surface area (Å²) >= 11 is 0. The van der Waals surface area contributed by atoms with E-state index in [-0.39, 0.29) is 5.82 Å². The molecule has 0 unspecified atom stereocenters. The highest BCUT2D eigenvalue weighted by Gasteiger charge is 2.53. The van der Waals surface area contributed by atoms with E-state index in [0.717, 1.165) is 25.6 Å². The van der Waals surface area contributed by atoms with Gasteiger partial charge in [-0.05, 0) is 55.5 Å². The molecule has 1 aromatic carbocycles. The van der Waals surface area contributed by atoms with Crippen molar-refractivity contribution in [1.29, 1.82) is 0 Å². The Morgan fingerprint density at radius 3 is 2.57 bits per heavy atom. The van der Waals surface area contributed by atoms with Crippen molar-refractivity contribution in [1.82, 2.24) is 19.4 Å². The highest BCUT2D eigenvalue weighted by atomic mass is 19.1. The highest BCUT2D eigenvalue weighted by Crippen LogP contribution is 2.46. The molecule has 0 aliphatic carbocycles. The lowest BCUT2D eigenvalue weighted by Crippen LogP contribution is -2.60. The summed E-state index contributed by atoms with van der Waals surface area (Å²) in [7, 11) is 0. The Bertz CT molecular complexity index is 806. The summed E-state index contributed by atoms with van der Waals surface area (Å²) in [5, 5.41) is 0. The number of hydrogen-bond donors (Lipinski definition) is 0. The van der Waals surface area contributed by atoms with Crippen LogP contribution in [0.25, 0.3) is 0 Å². The van der Waals surface area contributed by atoms with Crippen LogP contribution in [0, 0.1) is 17.7 Å². The second-order valence-electron chi connectivity index (χ2n) is 9.37. The Balaban J connectivity index is 1.44. The van der Waals surface area contributed by atoms with Gasteiger partial charge < -0.3 is 4.57 Å². The fraction of sp³-hybridized carbons (Fsp3) is 0.609. The predicted octanol–water partition coefficient (Wildman–Crippen LogP) is 3.74. The van der Waals surface area contributed by atoms with E-state index < -0.39 is 0 Å². The maximum absolute atomic E-state index is 13.5. The van der Waals surface area contributed by atoms with Gasteiger partial charge in [0.25, 0.3) is 0 Å². The molecule has 4 nitrogen and oxygen atoms in total. The number of piperidine rings is 3. The fourth-order valence-electron chi connectivity index (χ4n) is 5.97. The number of likely N-dealkylation sites (tertiary alicyclic amines) is 1. The summed E-state index contributed by atoms with van der Waals surface area (Å²) in [6.07, 6.45) is 6.67. The van der Waals surface area contributed by atoms with Gasteiger partial charge in [0, 0.05) is 43.8 Å². The van der Waals surface area contributed by atoms with Crippen LogP contribution in [0.15, 0.2) is 36.8 Å². The zero-order valence-electron chi connectivity index (χ0n) is 17.0. The zero-order chi connectivity index (χ0) is 19.3. The van der Waals surface area contributed by atoms with Gasteiger partial charge in [-0.15, -0.1) is 0 Å². The van der Waals surface area contributed by atoms with E-state index in [1.807, 2.05) is 24.7 Å². The Morgan fingerprint density at radius 2 is 1.86 bits per heavy atom. The monoisotopic (exact) mass is 382 g/mol. The molecular formula is C23H31FN4. The normalized spacial score (nSPS) is 32.2. The second kappa shape index (κ2) is 7.27. The molecule has 4 aliphatic heterocycles. The molecule has 0 N–H and O–H groups in total. The van der Waals surface area contributed by atoms with Gasteiger partial charge in [0.1, 0.15) is 5.82 Å². The minimum absolute atomic E-state index is 0.141. The van der Waals surface area contributed by atoms with Crippen molar-refractivity contribution >= 4 is 0 Å². The molecule has 150 valence electrons. The van der Waals surface area contributed by atoms with Crippen LogP contribution in [0.5, 0.6) is 0 Å². The summed E-state index contributed by atoms with van der Waals surface area (Å²) in [6.45, 7) is 10.0. The predicted molar refractivity (Wildman–Crippen MR) is 108 cm³/mol. The molecule has 0 saturated carbocycles. The fourth-order valence-corrected chi connectivity index (χ4v) is 5.97. The number of aromatic nitrogens is 2. The standard InChI is InChI=1S/C23H31FN4/c1-16(2)12-28-15-25-11-20(28)13-27-14-21(17-3-5-19(24)6-4-17)23-22(27)18-7-9-26(23)10-8-18/h3-6,11,15-16,18,21-23H,7-10,12-14H2,1-2H3/t21-,22+,23+/m1/s1. The van der Waals surface area contributed by atoms with E-state index in [1.54, 1.807) is 12.1 Å². The topological polar surface area (TPSA) is 24.3 Å². The van der Waals surface area contributed by atoms with Gasteiger partial charge in [-0.1, -0.05) is 26.0 Å².